The molecule has 1 fully saturated rings. The summed E-state index contributed by atoms with van der Waals surface area (Å²) in [6.07, 6.45) is 0. The summed E-state index contributed by atoms with van der Waals surface area (Å²) in [6, 6.07) is 87.6. The van der Waals surface area contributed by atoms with Gasteiger partial charge >= 0.3 is 17.9 Å². The van der Waals surface area contributed by atoms with E-state index in [1.54, 1.807) is 109 Å². The Bertz CT molecular complexity index is 6590. The van der Waals surface area contributed by atoms with Gasteiger partial charge in [0.05, 0.1) is 28.0 Å². The number of ketones is 6. The highest BCUT2D eigenvalue weighted by molar-refractivity contribution is 7.99. The Labute approximate surface area is 758 Å². The first-order valence-electron chi connectivity index (χ1n) is 40.1. The Balaban J connectivity index is 0.000000177. The summed E-state index contributed by atoms with van der Waals surface area (Å²) in [5.74, 6) is -4.04. The summed E-state index contributed by atoms with van der Waals surface area (Å²) in [5, 5.41) is 45.5. The number of anilines is 1. The fourth-order valence-electron chi connectivity index (χ4n) is 13.5. The average molecular weight is 1790 g/mol. The predicted molar refractivity (Wildman–Crippen MR) is 495 cm³/mol. The molecule has 0 aliphatic carbocycles. The molecular formula is C101H79N7O19S3. The number of carbonyl (C=O) groups is 9. The van der Waals surface area contributed by atoms with Crippen LogP contribution in [0.25, 0.3) is 11.1 Å². The Morgan fingerprint density at radius 2 is 0.569 bits per heavy atom. The van der Waals surface area contributed by atoms with Crippen molar-refractivity contribution in [3.63, 3.8) is 0 Å². The fraction of sp³-hybridized carbons (Fsp3) is 0.109. The highest BCUT2D eigenvalue weighted by Crippen LogP contribution is 2.35. The van der Waals surface area contributed by atoms with Crippen molar-refractivity contribution in [2.75, 3.05) is 31.2 Å². The molecule has 14 rings (SSSR count). The summed E-state index contributed by atoms with van der Waals surface area (Å²) < 4.78 is 5.41. The molecule has 13 aromatic carbocycles. The maximum Gasteiger partial charge on any atom is 0.332 e. The van der Waals surface area contributed by atoms with Gasteiger partial charge in [0.1, 0.15) is 0 Å². The second-order valence-corrected chi connectivity index (χ2v) is 32.5. The lowest BCUT2D eigenvalue weighted by atomic mass is 9.96. The number of oxime groups is 3. The number of hydrogen-bond donors (Lipinski definition) is 0. The molecular weight excluding hydrogens is 1710 g/mol. The number of nitrogens with zero attached hydrogens (tertiary/aromatic N) is 7. The molecule has 0 radical (unpaired) electrons. The largest absolute Gasteiger partial charge is 0.378 e. The number of rotatable bonds is 29. The van der Waals surface area contributed by atoms with E-state index in [2.05, 4.69) is 20.4 Å². The molecule has 0 saturated carbocycles. The van der Waals surface area contributed by atoms with E-state index in [0.29, 0.717) is 46.6 Å². The second-order valence-electron chi connectivity index (χ2n) is 29.0. The highest BCUT2D eigenvalue weighted by Gasteiger charge is 2.29. The zero-order chi connectivity index (χ0) is 92.7. The SMILES string of the molecule is CC(=O)O/N=C(/C(=O)c1ccc(Sc2ccc(C(=O)c3ccc(-c4ccccc4)cc3)cc2)cc1)c1cccc([N+](=O)[O-])c1C.CC(=O)O/N=C(/C(=O)c1ccc(Sc2ccc(C(=O)c3ccc(N4CCOCC4)cc3)cc2)cc1)c1cccc([N+](=O)[O-])c1C.CC(=O)O/N=C(/C(=O)c1ccc(Sc2ccc(C(=O)c3ccccc3C)cc2)cc1)c1cccc([N+](=O)[O-])c1C. The van der Waals surface area contributed by atoms with Gasteiger partial charge in [-0.2, -0.15) is 0 Å². The van der Waals surface area contributed by atoms with Crippen LogP contribution in [-0.2, 0) is 33.6 Å². The monoisotopic (exact) mass is 1790 g/mol. The van der Waals surface area contributed by atoms with Gasteiger partial charge in [-0.3, -0.25) is 59.1 Å². The first-order chi connectivity index (χ1) is 62.6. The molecule has 0 bridgehead atoms. The lowest BCUT2D eigenvalue weighted by molar-refractivity contribution is -0.385. The zero-order valence-corrected chi connectivity index (χ0v) is 73.3. The summed E-state index contributed by atoms with van der Waals surface area (Å²) in [6.45, 7) is 12.9. The van der Waals surface area contributed by atoms with Crippen LogP contribution in [0.15, 0.2) is 348 Å². The Morgan fingerprint density at radius 3 is 0.869 bits per heavy atom. The third kappa shape index (κ3) is 24.1. The quantitative estimate of drug-likeness (QED) is 0.0138. The van der Waals surface area contributed by atoms with Gasteiger partial charge in [-0.25, -0.2) is 14.4 Å². The molecule has 0 aromatic heterocycles. The van der Waals surface area contributed by atoms with Gasteiger partial charge in [-0.05, 0) is 214 Å². The van der Waals surface area contributed by atoms with E-state index in [4.69, 9.17) is 19.2 Å². The van der Waals surface area contributed by atoms with E-state index >= 15 is 0 Å². The number of hydrogen-bond acceptors (Lipinski definition) is 26. The van der Waals surface area contributed by atoms with Gasteiger partial charge in [-0.1, -0.05) is 166 Å². The molecule has 0 spiro atoms. The average Bonchev–Trinajstić information content (AvgIpc) is 0.804. The van der Waals surface area contributed by atoms with Crippen LogP contribution in [-0.4, -0.2) is 111 Å². The Morgan fingerprint density at radius 1 is 0.308 bits per heavy atom. The Kier molecular flexibility index (Phi) is 31.6. The smallest absolute Gasteiger partial charge is 0.332 e. The molecule has 26 nitrogen and oxygen atoms in total. The molecule has 0 N–H and O–H groups in total. The standard InChI is InChI=1S/C36H26N2O6S.C34H29N3O7S.C31H24N2O6S/c1-23-32(9-6-10-33(23)38(42)43)34(37-44-24(2)39)36(41)29-17-21-31(22-18-29)45-30-19-15-28(16-20-30)35(40)27-13-11-26(12-14-27)25-7-4-3-5-8-25;1-22-30(4-3-5-31(22)37(41)42)32(35-44-23(2)38)34(40)26-10-16-29(17-11-26)45-28-14-8-25(9-15-28)33(39)24-6-12-27(13-7-24)36-18-20-43-21-19-36;1-19-7-4-5-8-26(19)30(35)22-11-15-24(16-12-22)40-25-17-13-23(14-18-25)31(36)29(32-39-21(3)34)27-9-6-10-28(20(27)2)33(37)38/h3-22H,1-2H3;3-17H,18-21H2,1-2H3;4-18H,1-3H3/b37-34+;35-32+;32-29+. The number of carbonyl (C=O) groups excluding carboxylic acids is 9. The van der Waals surface area contributed by atoms with Crippen molar-refractivity contribution in [2.45, 2.75) is 77.8 Å². The maximum atomic E-state index is 13.4. The number of ether oxygens (including phenoxy) is 1. The van der Waals surface area contributed by atoms with Crippen molar-refractivity contribution in [1.82, 2.24) is 0 Å². The van der Waals surface area contributed by atoms with Crippen LogP contribution >= 0.6 is 35.3 Å². The second kappa shape index (κ2) is 44.0. The van der Waals surface area contributed by atoms with E-state index in [1.807, 2.05) is 146 Å². The summed E-state index contributed by atoms with van der Waals surface area (Å²) in [5.41, 5.74) is 8.57. The molecule has 0 amide bonds. The van der Waals surface area contributed by atoms with Crippen molar-refractivity contribution in [1.29, 1.82) is 0 Å². The number of nitro groups is 3. The van der Waals surface area contributed by atoms with Crippen molar-refractivity contribution in [3.8, 4) is 11.1 Å². The fourth-order valence-corrected chi connectivity index (χ4v) is 15.9. The van der Waals surface area contributed by atoms with Crippen LogP contribution in [0.2, 0.25) is 0 Å². The van der Waals surface area contributed by atoms with Gasteiger partial charge in [0, 0.05) is 171 Å². The van der Waals surface area contributed by atoms with Gasteiger partial charge in [0.2, 0.25) is 17.3 Å². The van der Waals surface area contributed by atoms with Crippen LogP contribution in [0.5, 0.6) is 0 Å². The van der Waals surface area contributed by atoms with Gasteiger partial charge < -0.3 is 24.1 Å². The van der Waals surface area contributed by atoms with Crippen molar-refractivity contribution < 1.29 is 77.2 Å². The first-order valence-corrected chi connectivity index (χ1v) is 42.6. The van der Waals surface area contributed by atoms with Crippen LogP contribution in [0.4, 0.5) is 22.7 Å². The molecule has 1 aliphatic heterocycles. The molecule has 130 heavy (non-hydrogen) atoms. The third-order valence-electron chi connectivity index (χ3n) is 20.3. The van der Waals surface area contributed by atoms with E-state index < -0.39 is 50.0 Å². The number of morpholine rings is 1. The molecule has 650 valence electrons. The third-order valence-corrected chi connectivity index (χ3v) is 23.3. The predicted octanol–water partition coefficient (Wildman–Crippen LogP) is 21.1. The van der Waals surface area contributed by atoms with Crippen molar-refractivity contribution >= 4 is 128 Å². The molecule has 0 atom stereocenters. The topological polar surface area (TPSA) is 360 Å². The minimum Gasteiger partial charge on any atom is -0.378 e. The number of Topliss-reactive ketones (excluding diaryl/α,β-unsaturated/α-hetero) is 3. The summed E-state index contributed by atoms with van der Waals surface area (Å²) in [4.78, 5) is 168. The molecule has 1 heterocycles. The minimum atomic E-state index is -0.733. The number of nitro benzene ring substituents is 3. The lowest BCUT2D eigenvalue weighted by Crippen LogP contribution is -2.36. The number of benzene rings is 13. The summed E-state index contributed by atoms with van der Waals surface area (Å²) in [7, 11) is 0. The zero-order valence-electron chi connectivity index (χ0n) is 70.8. The van der Waals surface area contributed by atoms with E-state index in [1.165, 1.54) is 111 Å². The normalized spacial score (nSPS) is 11.9. The maximum absolute atomic E-state index is 13.4. The molecule has 1 aliphatic rings. The van der Waals surface area contributed by atoms with Crippen LogP contribution < -0.4 is 4.90 Å². The number of aryl methyl sites for hydroxylation is 1. The minimum absolute atomic E-state index is 0.0391. The van der Waals surface area contributed by atoms with Crippen molar-refractivity contribution in [2.24, 2.45) is 15.5 Å². The molecule has 0 unspecified atom stereocenters. The summed E-state index contributed by atoms with van der Waals surface area (Å²) >= 11 is 4.37. The molecule has 29 heteroatoms. The van der Waals surface area contributed by atoms with Gasteiger partial charge in [-0.15, -0.1) is 0 Å². The van der Waals surface area contributed by atoms with Crippen molar-refractivity contribution in [3.05, 3.63) is 423 Å². The van der Waals surface area contributed by atoms with Crippen LogP contribution in [0, 0.1) is 58.0 Å². The molecule has 13 aromatic rings. The van der Waals surface area contributed by atoms with Crippen LogP contribution in [0.3, 0.4) is 0 Å². The Hall–Kier alpha value is -15.7. The molecule has 1 saturated heterocycles. The van der Waals surface area contributed by atoms with E-state index in [-0.39, 0.29) is 102 Å². The first kappa shape index (κ1) is 93.5. The highest BCUT2D eigenvalue weighted by atomic mass is 32.2. The van der Waals surface area contributed by atoms with Crippen LogP contribution in [0.1, 0.15) is 139 Å². The lowest BCUT2D eigenvalue weighted by Gasteiger charge is -2.28. The van der Waals surface area contributed by atoms with E-state index in [0.717, 1.165) is 85.6 Å². The van der Waals surface area contributed by atoms with E-state index in [9.17, 15) is 73.5 Å². The van der Waals surface area contributed by atoms with Gasteiger partial charge in [0.15, 0.2) is 34.5 Å². The van der Waals surface area contributed by atoms with Gasteiger partial charge in [0.25, 0.3) is 17.1 Å².